The van der Waals surface area contributed by atoms with Crippen molar-refractivity contribution < 1.29 is 9.53 Å². The molecule has 124 valence electrons. The van der Waals surface area contributed by atoms with Gasteiger partial charge in [0.25, 0.3) is 0 Å². The van der Waals surface area contributed by atoms with Crippen molar-refractivity contribution >= 4 is 17.5 Å². The lowest BCUT2D eigenvalue weighted by Crippen LogP contribution is -2.27. The van der Waals surface area contributed by atoms with Gasteiger partial charge in [-0.05, 0) is 63.6 Å². The fourth-order valence-corrected chi connectivity index (χ4v) is 2.09. The minimum atomic E-state index is -0.500. The van der Waals surface area contributed by atoms with Gasteiger partial charge in [0.2, 0.25) is 0 Å². The van der Waals surface area contributed by atoms with Crippen LogP contribution in [0.15, 0.2) is 42.7 Å². The molecule has 0 bridgehead atoms. The molecule has 2 N–H and O–H groups in total. The van der Waals surface area contributed by atoms with E-state index in [2.05, 4.69) is 40.6 Å². The summed E-state index contributed by atoms with van der Waals surface area (Å²) in [5.41, 5.74) is 2.45. The van der Waals surface area contributed by atoms with Crippen molar-refractivity contribution in [2.45, 2.75) is 46.4 Å². The van der Waals surface area contributed by atoms with Gasteiger partial charge in [0, 0.05) is 36.9 Å². The van der Waals surface area contributed by atoms with E-state index in [1.54, 1.807) is 0 Å². The van der Waals surface area contributed by atoms with E-state index in [1.807, 2.05) is 45.0 Å². The Labute approximate surface area is 137 Å². The number of benzene rings is 1. The topological polar surface area (TPSA) is 55.3 Å². The van der Waals surface area contributed by atoms with Gasteiger partial charge in [-0.1, -0.05) is 0 Å². The van der Waals surface area contributed by atoms with Crippen molar-refractivity contribution in [3.8, 4) is 0 Å². The molecule has 2 rings (SSSR count). The highest BCUT2D eigenvalue weighted by Gasteiger charge is 2.15. The molecule has 0 aliphatic rings. The van der Waals surface area contributed by atoms with Gasteiger partial charge in [0.05, 0.1) is 0 Å². The van der Waals surface area contributed by atoms with E-state index >= 15 is 0 Å². The number of hydrogen-bond donors (Lipinski definition) is 2. The second kappa shape index (κ2) is 7.22. The summed E-state index contributed by atoms with van der Waals surface area (Å²) in [6.07, 6.45) is 3.76. The lowest BCUT2D eigenvalue weighted by molar-refractivity contribution is 0.0636. The number of nitrogens with zero attached hydrogens (tertiary/aromatic N) is 1. The van der Waals surface area contributed by atoms with Gasteiger partial charge < -0.3 is 14.6 Å². The predicted molar refractivity (Wildman–Crippen MR) is 93.7 cm³/mol. The Hall–Kier alpha value is -2.43. The first-order valence-corrected chi connectivity index (χ1v) is 7.84. The zero-order valence-electron chi connectivity index (χ0n) is 14.2. The molecular formula is C18H25N3O2. The third-order valence-corrected chi connectivity index (χ3v) is 3.20. The second-order valence-corrected chi connectivity index (χ2v) is 6.41. The molecule has 5 heteroatoms. The number of carbonyl (C=O) groups excluding carboxylic acids is 1. The van der Waals surface area contributed by atoms with Gasteiger partial charge in [-0.2, -0.15) is 0 Å². The molecule has 0 unspecified atom stereocenters. The average molecular weight is 315 g/mol. The van der Waals surface area contributed by atoms with E-state index in [4.69, 9.17) is 4.74 Å². The highest BCUT2D eigenvalue weighted by atomic mass is 16.6. The molecule has 5 nitrogen and oxygen atoms in total. The fraction of sp³-hybridized carbons (Fsp3) is 0.389. The number of rotatable bonds is 5. The van der Waals surface area contributed by atoms with Gasteiger partial charge in [0.1, 0.15) is 5.60 Å². The highest BCUT2D eigenvalue weighted by Crippen LogP contribution is 2.16. The molecule has 1 amide bonds. The Morgan fingerprint density at radius 3 is 2.35 bits per heavy atom. The summed E-state index contributed by atoms with van der Waals surface area (Å²) in [5.74, 6) is 0. The lowest BCUT2D eigenvalue weighted by Gasteiger charge is -2.19. The number of hydrogen-bond acceptors (Lipinski definition) is 3. The van der Waals surface area contributed by atoms with Crippen LogP contribution in [0.5, 0.6) is 0 Å². The highest BCUT2D eigenvalue weighted by molar-refractivity contribution is 5.85. The van der Waals surface area contributed by atoms with E-state index in [-0.39, 0.29) is 0 Å². The summed E-state index contributed by atoms with van der Waals surface area (Å²) in [5, 5.41) is 6.08. The van der Waals surface area contributed by atoms with Crippen molar-refractivity contribution in [3.05, 3.63) is 48.3 Å². The number of aromatic nitrogens is 1. The summed E-state index contributed by atoms with van der Waals surface area (Å²) in [4.78, 5) is 11.7. The van der Waals surface area contributed by atoms with Crippen molar-refractivity contribution in [3.63, 3.8) is 0 Å². The zero-order valence-corrected chi connectivity index (χ0v) is 14.2. The monoisotopic (exact) mass is 315 g/mol. The third-order valence-electron chi connectivity index (χ3n) is 3.20. The zero-order chi connectivity index (χ0) is 16.9. The number of nitrogens with one attached hydrogen (secondary N) is 2. The first kappa shape index (κ1) is 16.9. The van der Waals surface area contributed by atoms with Crippen LogP contribution in [-0.2, 0) is 17.8 Å². The average Bonchev–Trinajstić information content (AvgIpc) is 2.92. The molecular weight excluding hydrogens is 290 g/mol. The Morgan fingerprint density at radius 2 is 1.78 bits per heavy atom. The Balaban J connectivity index is 1.85. The largest absolute Gasteiger partial charge is 0.444 e. The maximum Gasteiger partial charge on any atom is 0.412 e. The summed E-state index contributed by atoms with van der Waals surface area (Å²) in [6.45, 7) is 9.38. The number of aryl methyl sites for hydroxylation is 1. The van der Waals surface area contributed by atoms with Gasteiger partial charge in [-0.25, -0.2) is 4.79 Å². The summed E-state index contributed by atoms with van der Waals surface area (Å²) >= 11 is 0. The minimum Gasteiger partial charge on any atom is -0.444 e. The fourth-order valence-electron chi connectivity index (χ4n) is 2.09. The van der Waals surface area contributed by atoms with Crippen LogP contribution in [0.25, 0.3) is 0 Å². The standard InChI is InChI=1S/C18H25N3O2/c1-5-21-11-10-14(13-21)12-19-15-6-8-16(9-7-15)20-17(22)23-18(2,3)4/h6-11,13,19H,5,12H2,1-4H3,(H,20,22). The van der Waals surface area contributed by atoms with E-state index in [9.17, 15) is 4.79 Å². The van der Waals surface area contributed by atoms with Gasteiger partial charge in [-0.15, -0.1) is 0 Å². The summed E-state index contributed by atoms with van der Waals surface area (Å²) in [7, 11) is 0. The van der Waals surface area contributed by atoms with Crippen LogP contribution in [0.2, 0.25) is 0 Å². The molecule has 0 saturated heterocycles. The van der Waals surface area contributed by atoms with Crippen LogP contribution in [-0.4, -0.2) is 16.3 Å². The predicted octanol–water partition coefficient (Wildman–Crippen LogP) is 4.47. The molecule has 0 aliphatic carbocycles. The number of amides is 1. The maximum absolute atomic E-state index is 11.7. The van der Waals surface area contributed by atoms with Crippen LogP contribution in [0.4, 0.5) is 16.2 Å². The molecule has 1 aromatic carbocycles. The van der Waals surface area contributed by atoms with Crippen molar-refractivity contribution in [1.29, 1.82) is 0 Å². The maximum atomic E-state index is 11.7. The molecule has 0 atom stereocenters. The molecule has 0 spiro atoms. The second-order valence-electron chi connectivity index (χ2n) is 6.41. The lowest BCUT2D eigenvalue weighted by atomic mass is 10.2. The molecule has 1 aromatic heterocycles. The van der Waals surface area contributed by atoms with Crippen LogP contribution in [0.3, 0.4) is 0 Å². The van der Waals surface area contributed by atoms with Crippen LogP contribution in [0.1, 0.15) is 33.3 Å². The van der Waals surface area contributed by atoms with E-state index < -0.39 is 11.7 Å². The van der Waals surface area contributed by atoms with Crippen molar-refractivity contribution in [2.24, 2.45) is 0 Å². The van der Waals surface area contributed by atoms with Crippen molar-refractivity contribution in [1.82, 2.24) is 4.57 Å². The Bertz CT molecular complexity index is 639. The minimum absolute atomic E-state index is 0.445. The van der Waals surface area contributed by atoms with Crippen LogP contribution >= 0.6 is 0 Å². The van der Waals surface area contributed by atoms with Gasteiger partial charge in [-0.3, -0.25) is 5.32 Å². The SMILES string of the molecule is CCn1ccc(CNc2ccc(NC(=O)OC(C)(C)C)cc2)c1. The molecule has 2 aromatic rings. The Kier molecular flexibility index (Phi) is 5.32. The first-order chi connectivity index (χ1) is 10.9. The number of carbonyl (C=O) groups is 1. The van der Waals surface area contributed by atoms with Crippen LogP contribution < -0.4 is 10.6 Å². The molecule has 0 saturated carbocycles. The molecule has 1 heterocycles. The van der Waals surface area contributed by atoms with E-state index in [1.165, 1.54) is 5.56 Å². The molecule has 23 heavy (non-hydrogen) atoms. The smallest absolute Gasteiger partial charge is 0.412 e. The Morgan fingerprint density at radius 1 is 1.13 bits per heavy atom. The van der Waals surface area contributed by atoms with Crippen molar-refractivity contribution in [2.75, 3.05) is 10.6 Å². The number of ether oxygens (including phenoxy) is 1. The normalized spacial score (nSPS) is 11.1. The molecule has 0 radical (unpaired) electrons. The molecule has 0 fully saturated rings. The summed E-state index contributed by atoms with van der Waals surface area (Å²) in [6, 6.07) is 9.68. The van der Waals surface area contributed by atoms with Crippen LogP contribution in [0, 0.1) is 0 Å². The third kappa shape index (κ3) is 5.70. The summed E-state index contributed by atoms with van der Waals surface area (Å²) < 4.78 is 7.37. The quantitative estimate of drug-likeness (QED) is 0.856. The van der Waals surface area contributed by atoms with Gasteiger partial charge >= 0.3 is 6.09 Å². The first-order valence-electron chi connectivity index (χ1n) is 7.84. The number of anilines is 2. The molecule has 0 aliphatic heterocycles. The van der Waals surface area contributed by atoms with E-state index in [0.717, 1.165) is 18.8 Å². The van der Waals surface area contributed by atoms with Gasteiger partial charge in [0.15, 0.2) is 0 Å². The van der Waals surface area contributed by atoms with E-state index in [0.29, 0.717) is 5.69 Å².